The van der Waals surface area contributed by atoms with Gasteiger partial charge in [0, 0.05) is 35.9 Å². The Labute approximate surface area is 151 Å². The first-order valence-electron chi connectivity index (χ1n) is 8.71. The molecule has 2 aromatic rings. The molecule has 1 amide bonds. The second kappa shape index (κ2) is 6.68. The van der Waals surface area contributed by atoms with Crippen molar-refractivity contribution < 1.29 is 9.18 Å². The number of carbonyl (C=O) groups is 1. The van der Waals surface area contributed by atoms with Crippen LogP contribution in [0.1, 0.15) is 22.7 Å². The van der Waals surface area contributed by atoms with Crippen LogP contribution in [0.25, 0.3) is 0 Å². The molecule has 136 valence electrons. The highest BCUT2D eigenvalue weighted by atomic mass is 19.1. The number of anilines is 2. The van der Waals surface area contributed by atoms with E-state index in [2.05, 4.69) is 21.3 Å². The van der Waals surface area contributed by atoms with Gasteiger partial charge in [0.2, 0.25) is 5.91 Å². The number of nitrogens with two attached hydrogens (primary N) is 1. The molecule has 2 heterocycles. The molecule has 0 radical (unpaired) electrons. The molecular formula is C19H22FN5O. The summed E-state index contributed by atoms with van der Waals surface area (Å²) in [7, 11) is 0. The van der Waals surface area contributed by atoms with E-state index in [0.717, 1.165) is 23.4 Å². The van der Waals surface area contributed by atoms with Gasteiger partial charge in [-0.05, 0) is 36.2 Å². The van der Waals surface area contributed by atoms with Crippen LogP contribution < -0.4 is 27.0 Å². The van der Waals surface area contributed by atoms with Crippen molar-refractivity contribution in [1.29, 1.82) is 0 Å². The fourth-order valence-corrected chi connectivity index (χ4v) is 3.58. The Morgan fingerprint density at radius 2 is 2.15 bits per heavy atom. The van der Waals surface area contributed by atoms with E-state index in [1.54, 1.807) is 6.07 Å². The van der Waals surface area contributed by atoms with Gasteiger partial charge >= 0.3 is 0 Å². The number of aryl methyl sites for hydroxylation is 1. The van der Waals surface area contributed by atoms with E-state index in [1.807, 2.05) is 31.2 Å². The summed E-state index contributed by atoms with van der Waals surface area (Å²) in [4.78, 5) is 12.6. The largest absolute Gasteiger partial charge is 0.373 e. The molecule has 0 aromatic heterocycles. The normalized spacial score (nSPS) is 24.2. The molecule has 1 saturated heterocycles. The lowest BCUT2D eigenvalue weighted by Gasteiger charge is -2.15. The standard InChI is InChI=1S/C19H22FN5O/c1-10-5-6-14(20)13-8-15(24-17(10)13)18(26)23-12-4-2-3-11(7-12)16-9-22-19(21)25-16/h2-7,15-16,19,22,24-25H,8-9,21H2,1H3,(H,23,26). The van der Waals surface area contributed by atoms with Gasteiger partial charge in [-0.3, -0.25) is 15.4 Å². The maximum atomic E-state index is 14.0. The van der Waals surface area contributed by atoms with Crippen LogP contribution in [-0.2, 0) is 11.2 Å². The quantitative estimate of drug-likeness (QED) is 0.577. The molecule has 0 aliphatic carbocycles. The molecule has 6 N–H and O–H groups in total. The first-order chi connectivity index (χ1) is 12.5. The van der Waals surface area contributed by atoms with Crippen LogP contribution in [0.3, 0.4) is 0 Å². The highest BCUT2D eigenvalue weighted by molar-refractivity contribution is 5.98. The number of halogens is 1. The molecule has 26 heavy (non-hydrogen) atoms. The third-order valence-corrected chi connectivity index (χ3v) is 4.99. The van der Waals surface area contributed by atoms with Crippen molar-refractivity contribution in [2.24, 2.45) is 5.73 Å². The molecule has 7 heteroatoms. The molecule has 3 unspecified atom stereocenters. The van der Waals surface area contributed by atoms with Gasteiger partial charge < -0.3 is 16.4 Å². The molecule has 2 aliphatic rings. The Morgan fingerprint density at radius 1 is 1.31 bits per heavy atom. The van der Waals surface area contributed by atoms with E-state index >= 15 is 0 Å². The topological polar surface area (TPSA) is 91.2 Å². The van der Waals surface area contributed by atoms with Crippen LogP contribution >= 0.6 is 0 Å². The van der Waals surface area contributed by atoms with E-state index in [4.69, 9.17) is 5.73 Å². The molecule has 3 atom stereocenters. The predicted octanol–water partition coefficient (Wildman–Crippen LogP) is 1.59. The number of benzene rings is 2. The minimum absolute atomic E-state index is 0.104. The number of amides is 1. The lowest BCUT2D eigenvalue weighted by Crippen LogP contribution is -2.40. The Balaban J connectivity index is 1.46. The lowest BCUT2D eigenvalue weighted by molar-refractivity contribution is -0.116. The molecule has 2 aliphatic heterocycles. The second-order valence-electron chi connectivity index (χ2n) is 6.84. The van der Waals surface area contributed by atoms with Crippen molar-refractivity contribution in [1.82, 2.24) is 10.6 Å². The number of hydrogen-bond donors (Lipinski definition) is 5. The minimum atomic E-state index is -0.482. The monoisotopic (exact) mass is 355 g/mol. The third-order valence-electron chi connectivity index (χ3n) is 4.99. The van der Waals surface area contributed by atoms with Crippen molar-refractivity contribution in [3.63, 3.8) is 0 Å². The van der Waals surface area contributed by atoms with Gasteiger partial charge in [-0.25, -0.2) is 4.39 Å². The average Bonchev–Trinajstić information content (AvgIpc) is 3.26. The smallest absolute Gasteiger partial charge is 0.247 e. The molecule has 0 saturated carbocycles. The number of fused-ring (bicyclic) bond motifs is 1. The summed E-state index contributed by atoms with van der Waals surface area (Å²) in [5.74, 6) is -0.446. The highest BCUT2D eigenvalue weighted by Gasteiger charge is 2.30. The molecule has 6 nitrogen and oxygen atoms in total. The van der Waals surface area contributed by atoms with Gasteiger partial charge in [-0.2, -0.15) is 0 Å². The van der Waals surface area contributed by atoms with Gasteiger partial charge in [0.05, 0.1) is 0 Å². The van der Waals surface area contributed by atoms with Crippen molar-refractivity contribution in [3.8, 4) is 0 Å². The number of rotatable bonds is 3. The fourth-order valence-electron chi connectivity index (χ4n) is 3.58. The average molecular weight is 355 g/mol. The summed E-state index contributed by atoms with van der Waals surface area (Å²) >= 11 is 0. The fraction of sp³-hybridized carbons (Fsp3) is 0.316. The molecular weight excluding hydrogens is 333 g/mol. The zero-order chi connectivity index (χ0) is 18.3. The van der Waals surface area contributed by atoms with Crippen molar-refractivity contribution in [2.45, 2.75) is 31.7 Å². The summed E-state index contributed by atoms with van der Waals surface area (Å²) < 4.78 is 14.0. The zero-order valence-corrected chi connectivity index (χ0v) is 14.5. The van der Waals surface area contributed by atoms with E-state index in [-0.39, 0.29) is 24.1 Å². The summed E-state index contributed by atoms with van der Waals surface area (Å²) in [5.41, 5.74) is 9.81. The summed E-state index contributed by atoms with van der Waals surface area (Å²) in [5, 5.41) is 12.4. The molecule has 4 rings (SSSR count). The second-order valence-corrected chi connectivity index (χ2v) is 6.84. The van der Waals surface area contributed by atoms with Crippen molar-refractivity contribution in [2.75, 3.05) is 17.2 Å². The van der Waals surface area contributed by atoms with E-state index in [0.29, 0.717) is 17.7 Å². The number of nitrogens with one attached hydrogen (secondary N) is 4. The SMILES string of the molecule is Cc1ccc(F)c2c1NC(C(=O)Nc1cccc(C3CNC(N)N3)c1)C2. The summed E-state index contributed by atoms with van der Waals surface area (Å²) in [6.45, 7) is 2.64. The lowest BCUT2D eigenvalue weighted by atomic mass is 10.1. The predicted molar refractivity (Wildman–Crippen MR) is 99.2 cm³/mol. The maximum Gasteiger partial charge on any atom is 0.247 e. The number of hydrogen-bond acceptors (Lipinski definition) is 5. The summed E-state index contributed by atoms with van der Waals surface area (Å²) in [6, 6.07) is 10.5. The zero-order valence-electron chi connectivity index (χ0n) is 14.5. The Kier molecular flexibility index (Phi) is 4.36. The van der Waals surface area contributed by atoms with Crippen LogP contribution in [0.2, 0.25) is 0 Å². The first-order valence-corrected chi connectivity index (χ1v) is 8.71. The maximum absolute atomic E-state index is 14.0. The highest BCUT2D eigenvalue weighted by Crippen LogP contribution is 2.32. The van der Waals surface area contributed by atoms with Crippen LogP contribution in [0.15, 0.2) is 36.4 Å². The van der Waals surface area contributed by atoms with Gasteiger partial charge in [-0.15, -0.1) is 0 Å². The minimum Gasteiger partial charge on any atom is -0.373 e. The molecule has 2 aromatic carbocycles. The first kappa shape index (κ1) is 17.0. The van der Waals surface area contributed by atoms with Crippen molar-refractivity contribution >= 4 is 17.3 Å². The molecule has 0 spiro atoms. The summed E-state index contributed by atoms with van der Waals surface area (Å²) in [6.07, 6.45) is 0.120. The van der Waals surface area contributed by atoms with Crippen LogP contribution in [0.5, 0.6) is 0 Å². The van der Waals surface area contributed by atoms with Crippen LogP contribution in [0.4, 0.5) is 15.8 Å². The Morgan fingerprint density at radius 3 is 2.88 bits per heavy atom. The van der Waals surface area contributed by atoms with Gasteiger partial charge in [0.1, 0.15) is 18.1 Å². The molecule has 1 fully saturated rings. The van der Waals surface area contributed by atoms with E-state index in [9.17, 15) is 9.18 Å². The van der Waals surface area contributed by atoms with Crippen molar-refractivity contribution in [3.05, 3.63) is 58.9 Å². The number of carbonyl (C=O) groups excluding carboxylic acids is 1. The van der Waals surface area contributed by atoms with Crippen LogP contribution in [-0.4, -0.2) is 24.8 Å². The third kappa shape index (κ3) is 3.16. The Hall–Kier alpha value is -2.48. The van der Waals surface area contributed by atoms with Crippen LogP contribution in [0, 0.1) is 12.7 Å². The van der Waals surface area contributed by atoms with Gasteiger partial charge in [-0.1, -0.05) is 18.2 Å². The van der Waals surface area contributed by atoms with Gasteiger partial charge in [0.25, 0.3) is 0 Å². The van der Waals surface area contributed by atoms with Gasteiger partial charge in [0.15, 0.2) is 0 Å². The molecule has 0 bridgehead atoms. The Bertz CT molecular complexity index is 825. The van der Waals surface area contributed by atoms with E-state index < -0.39 is 6.04 Å². The van der Waals surface area contributed by atoms with E-state index in [1.165, 1.54) is 6.07 Å².